The highest BCUT2D eigenvalue weighted by molar-refractivity contribution is 9.10. The maximum absolute atomic E-state index is 12.4. The Hall–Kier alpha value is -1.98. The molecular formula is C16H10BrClO4. The van der Waals surface area contributed by atoms with Crippen molar-refractivity contribution >= 4 is 39.4 Å². The first kappa shape index (κ1) is 14.9. The Morgan fingerprint density at radius 1 is 1.32 bits per heavy atom. The number of hydrogen-bond acceptors (Lipinski definition) is 4. The lowest BCUT2D eigenvalue weighted by molar-refractivity contribution is 0.101. The van der Waals surface area contributed by atoms with Gasteiger partial charge in [-0.1, -0.05) is 11.6 Å². The Bertz CT molecular complexity index is 814. The highest BCUT2D eigenvalue weighted by atomic mass is 79.9. The normalized spacial score (nSPS) is 14.9. The predicted molar refractivity (Wildman–Crippen MR) is 86.7 cm³/mol. The number of benzene rings is 2. The molecule has 1 N–H and O–H groups in total. The number of phenolic OH excluding ortho intramolecular Hbond substituents is 1. The smallest absolute Gasteiger partial charge is 0.232 e. The molecule has 2 aromatic carbocycles. The highest BCUT2D eigenvalue weighted by Gasteiger charge is 2.30. The number of aromatic hydroxyl groups is 1. The zero-order valence-electron chi connectivity index (χ0n) is 11.4. The molecule has 0 radical (unpaired) electrons. The fraction of sp³-hybridized carbons (Fsp3) is 0.0625. The van der Waals surface area contributed by atoms with Crippen LogP contribution in [-0.4, -0.2) is 18.0 Å². The van der Waals surface area contributed by atoms with E-state index in [1.165, 1.54) is 19.2 Å². The van der Waals surface area contributed by atoms with Gasteiger partial charge in [0.25, 0.3) is 0 Å². The SMILES string of the molecule is COc1ccc2c(c1Br)O/C(=C\c1ccc(O)cc1Cl)C2=O. The van der Waals surface area contributed by atoms with E-state index in [1.54, 1.807) is 24.3 Å². The van der Waals surface area contributed by atoms with Crippen molar-refractivity contribution in [3.05, 3.63) is 56.7 Å². The fourth-order valence-corrected chi connectivity index (χ4v) is 2.95. The minimum Gasteiger partial charge on any atom is -0.508 e. The van der Waals surface area contributed by atoms with Crippen molar-refractivity contribution in [2.45, 2.75) is 0 Å². The number of carbonyl (C=O) groups excluding carboxylic acids is 1. The zero-order valence-corrected chi connectivity index (χ0v) is 13.7. The van der Waals surface area contributed by atoms with E-state index in [2.05, 4.69) is 15.9 Å². The summed E-state index contributed by atoms with van der Waals surface area (Å²) in [5.41, 5.74) is 1.03. The average Bonchev–Trinajstić information content (AvgIpc) is 2.80. The van der Waals surface area contributed by atoms with Crippen LogP contribution >= 0.6 is 27.5 Å². The number of rotatable bonds is 2. The molecule has 1 aliphatic heterocycles. The molecular weight excluding hydrogens is 372 g/mol. The molecule has 1 heterocycles. The maximum atomic E-state index is 12.4. The van der Waals surface area contributed by atoms with Gasteiger partial charge in [0, 0.05) is 0 Å². The first-order valence-corrected chi connectivity index (χ1v) is 7.47. The first-order valence-electron chi connectivity index (χ1n) is 6.30. The number of allylic oxidation sites excluding steroid dienone is 1. The number of fused-ring (bicyclic) bond motifs is 1. The standard InChI is InChI=1S/C16H10BrClO4/c1-21-12-5-4-10-15(20)13(22-16(10)14(12)17)6-8-2-3-9(19)7-11(8)18/h2-7,19H,1H3/b13-6-. The molecule has 0 aromatic heterocycles. The lowest BCUT2D eigenvalue weighted by Gasteiger charge is -2.06. The van der Waals surface area contributed by atoms with E-state index in [0.29, 0.717) is 32.1 Å². The molecule has 6 heteroatoms. The van der Waals surface area contributed by atoms with Gasteiger partial charge in [-0.3, -0.25) is 4.79 Å². The van der Waals surface area contributed by atoms with Crippen LogP contribution in [0.4, 0.5) is 0 Å². The molecule has 112 valence electrons. The number of ether oxygens (including phenoxy) is 2. The summed E-state index contributed by atoms with van der Waals surface area (Å²) in [5.74, 6) is 0.988. The third-order valence-electron chi connectivity index (χ3n) is 3.23. The summed E-state index contributed by atoms with van der Waals surface area (Å²) in [4.78, 5) is 12.4. The van der Waals surface area contributed by atoms with Crippen LogP contribution in [0.25, 0.3) is 6.08 Å². The van der Waals surface area contributed by atoms with Crippen molar-refractivity contribution in [1.29, 1.82) is 0 Å². The van der Waals surface area contributed by atoms with Crippen LogP contribution in [-0.2, 0) is 0 Å². The minimum atomic E-state index is -0.234. The summed E-state index contributed by atoms with van der Waals surface area (Å²) in [7, 11) is 1.54. The monoisotopic (exact) mass is 380 g/mol. The van der Waals surface area contributed by atoms with Crippen LogP contribution in [0.1, 0.15) is 15.9 Å². The maximum Gasteiger partial charge on any atom is 0.232 e. The molecule has 0 unspecified atom stereocenters. The summed E-state index contributed by atoms with van der Waals surface area (Å²) in [6.45, 7) is 0. The second-order valence-corrected chi connectivity index (χ2v) is 5.80. The number of methoxy groups -OCH3 is 1. The van der Waals surface area contributed by atoms with Crippen LogP contribution in [0.3, 0.4) is 0 Å². The van der Waals surface area contributed by atoms with Crippen LogP contribution in [0.2, 0.25) is 5.02 Å². The largest absolute Gasteiger partial charge is 0.508 e. The molecule has 3 rings (SSSR count). The molecule has 0 bridgehead atoms. The number of phenols is 1. The molecule has 0 fully saturated rings. The van der Waals surface area contributed by atoms with E-state index >= 15 is 0 Å². The predicted octanol–water partition coefficient (Wildman–Crippen LogP) is 4.43. The van der Waals surface area contributed by atoms with E-state index in [9.17, 15) is 9.90 Å². The van der Waals surface area contributed by atoms with E-state index in [-0.39, 0.29) is 17.3 Å². The van der Waals surface area contributed by atoms with Gasteiger partial charge >= 0.3 is 0 Å². The van der Waals surface area contributed by atoms with Crippen LogP contribution in [0, 0.1) is 0 Å². The van der Waals surface area contributed by atoms with Gasteiger partial charge < -0.3 is 14.6 Å². The topological polar surface area (TPSA) is 55.8 Å². The summed E-state index contributed by atoms with van der Waals surface area (Å²) in [6, 6.07) is 7.85. The molecule has 1 aliphatic rings. The Morgan fingerprint density at radius 2 is 2.09 bits per heavy atom. The Kier molecular flexibility index (Phi) is 3.85. The summed E-state index contributed by atoms with van der Waals surface area (Å²) >= 11 is 9.41. The number of Topliss-reactive ketones (excluding diaryl/α,β-unsaturated/α-hetero) is 1. The van der Waals surface area contributed by atoms with Gasteiger partial charge in [0.1, 0.15) is 16.0 Å². The Morgan fingerprint density at radius 3 is 2.77 bits per heavy atom. The molecule has 0 aliphatic carbocycles. The Balaban J connectivity index is 2.03. The van der Waals surface area contributed by atoms with Crippen LogP contribution < -0.4 is 9.47 Å². The van der Waals surface area contributed by atoms with E-state index in [4.69, 9.17) is 21.1 Å². The third kappa shape index (κ3) is 2.46. The summed E-state index contributed by atoms with van der Waals surface area (Å²) in [5, 5.41) is 9.69. The second kappa shape index (κ2) is 5.66. The van der Waals surface area contributed by atoms with Crippen molar-refractivity contribution in [2.75, 3.05) is 7.11 Å². The third-order valence-corrected chi connectivity index (χ3v) is 4.31. The van der Waals surface area contributed by atoms with E-state index < -0.39 is 0 Å². The van der Waals surface area contributed by atoms with E-state index in [0.717, 1.165) is 0 Å². The van der Waals surface area contributed by atoms with Gasteiger partial charge in [0.2, 0.25) is 5.78 Å². The number of carbonyl (C=O) groups is 1. The molecule has 22 heavy (non-hydrogen) atoms. The van der Waals surface area contributed by atoms with Crippen molar-refractivity contribution in [3.63, 3.8) is 0 Å². The molecule has 0 saturated carbocycles. The minimum absolute atomic E-state index is 0.0570. The van der Waals surface area contributed by atoms with Crippen molar-refractivity contribution in [3.8, 4) is 17.2 Å². The lowest BCUT2D eigenvalue weighted by Crippen LogP contribution is -1.98. The van der Waals surface area contributed by atoms with Crippen molar-refractivity contribution in [2.24, 2.45) is 0 Å². The average molecular weight is 382 g/mol. The molecule has 0 atom stereocenters. The first-order chi connectivity index (χ1) is 10.5. The molecule has 0 saturated heterocycles. The second-order valence-electron chi connectivity index (χ2n) is 4.60. The van der Waals surface area contributed by atoms with Gasteiger partial charge in [0.05, 0.1) is 17.7 Å². The summed E-state index contributed by atoms with van der Waals surface area (Å²) < 4.78 is 11.4. The quantitative estimate of drug-likeness (QED) is 0.782. The Labute approximate surface area is 140 Å². The summed E-state index contributed by atoms with van der Waals surface area (Å²) in [6.07, 6.45) is 1.54. The van der Waals surface area contributed by atoms with Gasteiger partial charge in [-0.15, -0.1) is 0 Å². The molecule has 4 nitrogen and oxygen atoms in total. The van der Waals surface area contributed by atoms with Gasteiger partial charge in [-0.2, -0.15) is 0 Å². The van der Waals surface area contributed by atoms with Crippen LogP contribution in [0.5, 0.6) is 17.2 Å². The van der Waals surface area contributed by atoms with Gasteiger partial charge in [-0.05, 0) is 57.9 Å². The van der Waals surface area contributed by atoms with Gasteiger partial charge in [0.15, 0.2) is 11.5 Å². The van der Waals surface area contributed by atoms with E-state index in [1.807, 2.05) is 0 Å². The van der Waals surface area contributed by atoms with Crippen molar-refractivity contribution < 1.29 is 19.4 Å². The number of ketones is 1. The highest BCUT2D eigenvalue weighted by Crippen LogP contribution is 2.43. The molecule has 0 spiro atoms. The molecule has 0 amide bonds. The fourth-order valence-electron chi connectivity index (χ4n) is 2.13. The van der Waals surface area contributed by atoms with Gasteiger partial charge in [-0.25, -0.2) is 0 Å². The number of hydrogen-bond donors (Lipinski definition) is 1. The number of halogens is 2. The zero-order chi connectivity index (χ0) is 15.9. The van der Waals surface area contributed by atoms with Crippen LogP contribution in [0.15, 0.2) is 40.6 Å². The lowest BCUT2D eigenvalue weighted by atomic mass is 10.1. The molecule has 2 aromatic rings. The van der Waals surface area contributed by atoms with Crippen molar-refractivity contribution in [1.82, 2.24) is 0 Å².